The van der Waals surface area contributed by atoms with Crippen LogP contribution >= 0.6 is 11.3 Å². The maximum absolute atomic E-state index is 12.2. The van der Waals surface area contributed by atoms with Gasteiger partial charge in [0.25, 0.3) is 5.91 Å². The molecule has 22 heavy (non-hydrogen) atoms. The van der Waals surface area contributed by atoms with Crippen LogP contribution in [0.2, 0.25) is 0 Å². The van der Waals surface area contributed by atoms with Crippen LogP contribution in [0.1, 0.15) is 59.9 Å². The average Bonchev–Trinajstić information content (AvgIpc) is 3.09. The van der Waals surface area contributed by atoms with Gasteiger partial charge in [0, 0.05) is 18.5 Å². The monoisotopic (exact) mass is 321 g/mol. The fourth-order valence-corrected chi connectivity index (χ4v) is 4.27. The molecule has 0 bridgehead atoms. The maximum Gasteiger partial charge on any atom is 0.261 e. The SMILES string of the molecule is Cc1nn(C2CCCCC2)c2sc(C(=O)NCCCO)cc12. The minimum absolute atomic E-state index is 0.0516. The number of nitrogens with zero attached hydrogens (tertiary/aromatic N) is 2. The molecule has 120 valence electrons. The summed E-state index contributed by atoms with van der Waals surface area (Å²) in [7, 11) is 0. The standard InChI is InChI=1S/C16H23N3O2S/c1-11-13-10-14(15(21)17-8-5-9-20)22-16(13)19(18-11)12-6-3-2-4-7-12/h10,12,20H,2-9H2,1H3,(H,17,21). The largest absolute Gasteiger partial charge is 0.396 e. The van der Waals surface area contributed by atoms with Crippen molar-refractivity contribution in [2.75, 3.05) is 13.2 Å². The summed E-state index contributed by atoms with van der Waals surface area (Å²) < 4.78 is 2.15. The molecular formula is C16H23N3O2S. The predicted octanol–water partition coefficient (Wildman–Crippen LogP) is 3.02. The minimum atomic E-state index is -0.0516. The zero-order chi connectivity index (χ0) is 15.5. The molecule has 0 unspecified atom stereocenters. The van der Waals surface area contributed by atoms with Gasteiger partial charge in [-0.3, -0.25) is 9.48 Å². The van der Waals surface area contributed by atoms with Crippen molar-refractivity contribution in [3.05, 3.63) is 16.6 Å². The second-order valence-electron chi connectivity index (χ2n) is 5.98. The molecule has 1 aliphatic carbocycles. The third-order valence-electron chi connectivity index (χ3n) is 4.33. The maximum atomic E-state index is 12.2. The molecular weight excluding hydrogens is 298 g/mol. The first-order valence-corrected chi connectivity index (χ1v) is 8.90. The van der Waals surface area contributed by atoms with Crippen LogP contribution in [0.15, 0.2) is 6.07 Å². The van der Waals surface area contributed by atoms with Crippen molar-refractivity contribution in [1.29, 1.82) is 0 Å². The zero-order valence-corrected chi connectivity index (χ0v) is 13.8. The summed E-state index contributed by atoms with van der Waals surface area (Å²) in [6, 6.07) is 2.43. The normalized spacial score (nSPS) is 16.3. The Kier molecular flexibility index (Phi) is 4.78. The van der Waals surface area contributed by atoms with Gasteiger partial charge in [-0.05, 0) is 32.3 Å². The molecule has 0 atom stereocenters. The van der Waals surface area contributed by atoms with Crippen LogP contribution in [0.25, 0.3) is 10.2 Å². The number of hydrogen-bond acceptors (Lipinski definition) is 4. The van der Waals surface area contributed by atoms with E-state index in [1.165, 1.54) is 43.4 Å². The van der Waals surface area contributed by atoms with Gasteiger partial charge < -0.3 is 10.4 Å². The van der Waals surface area contributed by atoms with Gasteiger partial charge in [0.1, 0.15) is 4.83 Å². The van der Waals surface area contributed by atoms with Gasteiger partial charge in [-0.15, -0.1) is 11.3 Å². The molecule has 0 saturated heterocycles. The number of nitrogens with one attached hydrogen (secondary N) is 1. The molecule has 0 aromatic carbocycles. The summed E-state index contributed by atoms with van der Waals surface area (Å²) >= 11 is 1.53. The lowest BCUT2D eigenvalue weighted by molar-refractivity contribution is 0.0955. The molecule has 3 rings (SSSR count). The molecule has 2 heterocycles. The Morgan fingerprint density at radius 1 is 1.45 bits per heavy atom. The lowest BCUT2D eigenvalue weighted by Gasteiger charge is -2.22. The van der Waals surface area contributed by atoms with E-state index in [0.717, 1.165) is 20.8 Å². The van der Waals surface area contributed by atoms with Crippen LogP contribution in [0.3, 0.4) is 0 Å². The van der Waals surface area contributed by atoms with E-state index in [1.807, 2.05) is 13.0 Å². The lowest BCUT2D eigenvalue weighted by atomic mass is 9.96. The molecule has 1 fully saturated rings. The Morgan fingerprint density at radius 2 is 2.23 bits per heavy atom. The van der Waals surface area contributed by atoms with Gasteiger partial charge in [0.15, 0.2) is 0 Å². The van der Waals surface area contributed by atoms with E-state index in [1.54, 1.807) is 0 Å². The second kappa shape index (κ2) is 6.79. The van der Waals surface area contributed by atoms with E-state index >= 15 is 0 Å². The summed E-state index contributed by atoms with van der Waals surface area (Å²) in [5, 5.41) is 17.5. The molecule has 1 saturated carbocycles. The van der Waals surface area contributed by atoms with Gasteiger partial charge in [-0.25, -0.2) is 0 Å². The van der Waals surface area contributed by atoms with Gasteiger partial charge in [0.2, 0.25) is 0 Å². The quantitative estimate of drug-likeness (QED) is 0.832. The first-order valence-electron chi connectivity index (χ1n) is 8.08. The lowest BCUT2D eigenvalue weighted by Crippen LogP contribution is -2.24. The number of aryl methyl sites for hydroxylation is 1. The van der Waals surface area contributed by atoms with Crippen molar-refractivity contribution >= 4 is 27.5 Å². The number of aromatic nitrogens is 2. The van der Waals surface area contributed by atoms with Gasteiger partial charge >= 0.3 is 0 Å². The summed E-state index contributed by atoms with van der Waals surface area (Å²) in [5.41, 5.74) is 1.01. The van der Waals surface area contributed by atoms with Crippen LogP contribution in [0.5, 0.6) is 0 Å². The third kappa shape index (κ3) is 3.03. The zero-order valence-electron chi connectivity index (χ0n) is 13.0. The van der Waals surface area contributed by atoms with Crippen LogP contribution < -0.4 is 5.32 Å². The van der Waals surface area contributed by atoms with E-state index < -0.39 is 0 Å². The summed E-state index contributed by atoms with van der Waals surface area (Å²) in [6.07, 6.45) is 6.82. The third-order valence-corrected chi connectivity index (χ3v) is 5.46. The summed E-state index contributed by atoms with van der Waals surface area (Å²) in [5.74, 6) is -0.0516. The molecule has 2 aromatic rings. The predicted molar refractivity (Wildman–Crippen MR) is 88.5 cm³/mol. The van der Waals surface area contributed by atoms with Crippen LogP contribution in [-0.2, 0) is 0 Å². The first-order chi connectivity index (χ1) is 10.7. The number of carbonyl (C=O) groups is 1. The van der Waals surface area contributed by atoms with Crippen LogP contribution in [-0.4, -0.2) is 33.9 Å². The molecule has 2 N–H and O–H groups in total. The number of fused-ring (bicyclic) bond motifs is 1. The highest BCUT2D eigenvalue weighted by molar-refractivity contribution is 7.20. The van der Waals surface area contributed by atoms with Crippen molar-refractivity contribution in [2.45, 2.75) is 51.5 Å². The Hall–Kier alpha value is -1.40. The Bertz CT molecular complexity index is 656. The van der Waals surface area contributed by atoms with Crippen LogP contribution in [0.4, 0.5) is 0 Å². The number of rotatable bonds is 5. The van der Waals surface area contributed by atoms with Crippen molar-refractivity contribution in [3.63, 3.8) is 0 Å². The first kappa shape index (κ1) is 15.5. The van der Waals surface area contributed by atoms with Gasteiger partial charge in [-0.1, -0.05) is 19.3 Å². The van der Waals surface area contributed by atoms with E-state index in [4.69, 9.17) is 10.2 Å². The fraction of sp³-hybridized carbons (Fsp3) is 0.625. The molecule has 5 nitrogen and oxygen atoms in total. The number of aliphatic hydroxyl groups is 1. The van der Waals surface area contributed by atoms with Crippen molar-refractivity contribution < 1.29 is 9.90 Å². The number of carbonyl (C=O) groups excluding carboxylic acids is 1. The highest BCUT2D eigenvalue weighted by Crippen LogP contribution is 2.35. The fourth-order valence-electron chi connectivity index (χ4n) is 3.12. The van der Waals surface area contributed by atoms with Crippen molar-refractivity contribution in [1.82, 2.24) is 15.1 Å². The number of amides is 1. The number of aliphatic hydroxyl groups excluding tert-OH is 1. The average molecular weight is 321 g/mol. The Balaban J connectivity index is 1.84. The molecule has 1 amide bonds. The van der Waals surface area contributed by atoms with Gasteiger partial charge in [0.05, 0.1) is 16.6 Å². The summed E-state index contributed by atoms with van der Waals surface area (Å²) in [6.45, 7) is 2.63. The number of thiophene rings is 1. The smallest absolute Gasteiger partial charge is 0.261 e. The number of hydrogen-bond donors (Lipinski definition) is 2. The van der Waals surface area contributed by atoms with E-state index in [9.17, 15) is 4.79 Å². The highest BCUT2D eigenvalue weighted by atomic mass is 32.1. The molecule has 0 radical (unpaired) electrons. The summed E-state index contributed by atoms with van der Waals surface area (Å²) in [4.78, 5) is 14.0. The minimum Gasteiger partial charge on any atom is -0.396 e. The molecule has 0 spiro atoms. The van der Waals surface area contributed by atoms with Gasteiger partial charge in [-0.2, -0.15) is 5.10 Å². The molecule has 2 aromatic heterocycles. The molecule has 1 aliphatic rings. The highest BCUT2D eigenvalue weighted by Gasteiger charge is 2.22. The van der Waals surface area contributed by atoms with Crippen molar-refractivity contribution in [3.8, 4) is 0 Å². The Labute approximate surface area is 134 Å². The van der Waals surface area contributed by atoms with E-state index in [2.05, 4.69) is 10.00 Å². The second-order valence-corrected chi connectivity index (χ2v) is 7.02. The molecule has 6 heteroatoms. The van der Waals surface area contributed by atoms with Crippen molar-refractivity contribution in [2.24, 2.45) is 0 Å². The molecule has 0 aliphatic heterocycles. The Morgan fingerprint density at radius 3 is 2.95 bits per heavy atom. The van der Waals surface area contributed by atoms with E-state index in [-0.39, 0.29) is 12.5 Å². The van der Waals surface area contributed by atoms with E-state index in [0.29, 0.717) is 19.0 Å². The van der Waals surface area contributed by atoms with Crippen LogP contribution in [0, 0.1) is 6.92 Å². The topological polar surface area (TPSA) is 67.2 Å².